The lowest BCUT2D eigenvalue weighted by Gasteiger charge is -2.35. The van der Waals surface area contributed by atoms with Crippen LogP contribution in [0.15, 0.2) is 29.3 Å². The Morgan fingerprint density at radius 1 is 1.17 bits per heavy atom. The fourth-order valence-corrected chi connectivity index (χ4v) is 4.20. The molecule has 29 heavy (non-hydrogen) atoms. The summed E-state index contributed by atoms with van der Waals surface area (Å²) in [5, 5.41) is 3.48. The van der Waals surface area contributed by atoms with Crippen molar-refractivity contribution >= 4 is 29.9 Å². The highest BCUT2D eigenvalue weighted by molar-refractivity contribution is 14.0. The third-order valence-electron chi connectivity index (χ3n) is 5.50. The average Bonchev–Trinajstić information content (AvgIpc) is 3.15. The maximum absolute atomic E-state index is 5.83. The summed E-state index contributed by atoms with van der Waals surface area (Å²) >= 11 is 0. The first kappa shape index (κ1) is 24.4. The Hall–Kier alpha value is -0.900. The Bertz CT molecular complexity index is 624. The molecule has 0 spiro atoms. The minimum atomic E-state index is 0. The van der Waals surface area contributed by atoms with Gasteiger partial charge < -0.3 is 19.7 Å². The van der Waals surface area contributed by atoms with Crippen molar-refractivity contribution in [3.05, 3.63) is 35.4 Å². The van der Waals surface area contributed by atoms with E-state index in [0.717, 1.165) is 58.3 Å². The second-order valence-corrected chi connectivity index (χ2v) is 8.28. The highest BCUT2D eigenvalue weighted by atomic mass is 127. The summed E-state index contributed by atoms with van der Waals surface area (Å²) < 4.78 is 11.3. The predicted octanol–water partition coefficient (Wildman–Crippen LogP) is 2.96. The van der Waals surface area contributed by atoms with Crippen molar-refractivity contribution < 1.29 is 9.47 Å². The molecular weight excluding hydrogens is 479 g/mol. The summed E-state index contributed by atoms with van der Waals surface area (Å²) in [5.41, 5.74) is 2.62. The highest BCUT2D eigenvalue weighted by Gasteiger charge is 2.22. The van der Waals surface area contributed by atoms with E-state index < -0.39 is 0 Å². The molecule has 0 saturated carbocycles. The van der Waals surface area contributed by atoms with Gasteiger partial charge in [0.25, 0.3) is 0 Å². The van der Waals surface area contributed by atoms with E-state index in [1.54, 1.807) is 0 Å². The SMILES string of the molecule is CN=C(NCc1ccc(CN2CC(C)OC(C)C2)cc1)N(C)CC1CCOC1.I. The molecular formula is C22H37IN4O2. The van der Waals surface area contributed by atoms with Gasteiger partial charge in [-0.2, -0.15) is 0 Å². The van der Waals surface area contributed by atoms with Crippen LogP contribution in [-0.4, -0.2) is 74.9 Å². The first-order valence-electron chi connectivity index (χ1n) is 10.5. The number of guanidine groups is 1. The van der Waals surface area contributed by atoms with Crippen LogP contribution in [0.3, 0.4) is 0 Å². The van der Waals surface area contributed by atoms with Crippen molar-refractivity contribution in [1.82, 2.24) is 15.1 Å². The average molecular weight is 516 g/mol. The lowest BCUT2D eigenvalue weighted by Crippen LogP contribution is -2.44. The van der Waals surface area contributed by atoms with Gasteiger partial charge in [0.2, 0.25) is 0 Å². The molecule has 2 fully saturated rings. The molecule has 1 aromatic rings. The first-order valence-corrected chi connectivity index (χ1v) is 10.5. The molecule has 3 unspecified atom stereocenters. The fourth-order valence-electron chi connectivity index (χ4n) is 4.20. The zero-order valence-electron chi connectivity index (χ0n) is 18.3. The summed E-state index contributed by atoms with van der Waals surface area (Å²) in [6, 6.07) is 8.91. The molecule has 0 aliphatic carbocycles. The summed E-state index contributed by atoms with van der Waals surface area (Å²) in [7, 11) is 3.94. The molecule has 2 heterocycles. The van der Waals surface area contributed by atoms with Gasteiger partial charge in [-0.25, -0.2) is 0 Å². The molecule has 1 N–H and O–H groups in total. The molecule has 0 amide bonds. The minimum absolute atomic E-state index is 0. The predicted molar refractivity (Wildman–Crippen MR) is 129 cm³/mol. The molecule has 3 rings (SSSR count). The van der Waals surface area contributed by atoms with Crippen molar-refractivity contribution in [2.24, 2.45) is 10.9 Å². The molecule has 0 aromatic heterocycles. The van der Waals surface area contributed by atoms with Crippen molar-refractivity contribution in [3.63, 3.8) is 0 Å². The third-order valence-corrected chi connectivity index (χ3v) is 5.50. The van der Waals surface area contributed by atoms with Crippen molar-refractivity contribution in [3.8, 4) is 0 Å². The van der Waals surface area contributed by atoms with Crippen LogP contribution in [0.5, 0.6) is 0 Å². The van der Waals surface area contributed by atoms with Crippen LogP contribution < -0.4 is 5.32 Å². The summed E-state index contributed by atoms with van der Waals surface area (Å²) in [5.74, 6) is 1.54. The van der Waals surface area contributed by atoms with E-state index in [1.807, 2.05) is 7.05 Å². The van der Waals surface area contributed by atoms with Gasteiger partial charge in [-0.1, -0.05) is 24.3 Å². The van der Waals surface area contributed by atoms with E-state index in [4.69, 9.17) is 9.47 Å². The number of rotatable bonds is 6. The monoisotopic (exact) mass is 516 g/mol. The van der Waals surface area contributed by atoms with Crippen LogP contribution in [0.4, 0.5) is 0 Å². The minimum Gasteiger partial charge on any atom is -0.381 e. The zero-order chi connectivity index (χ0) is 19.9. The molecule has 3 atom stereocenters. The van der Waals surface area contributed by atoms with Gasteiger partial charge in [-0.3, -0.25) is 9.89 Å². The largest absolute Gasteiger partial charge is 0.381 e. The van der Waals surface area contributed by atoms with E-state index in [-0.39, 0.29) is 24.0 Å². The second-order valence-electron chi connectivity index (χ2n) is 8.28. The molecule has 2 aliphatic heterocycles. The van der Waals surface area contributed by atoms with Crippen LogP contribution in [-0.2, 0) is 22.6 Å². The van der Waals surface area contributed by atoms with Gasteiger partial charge in [0.15, 0.2) is 5.96 Å². The van der Waals surface area contributed by atoms with Crippen LogP contribution in [0.1, 0.15) is 31.4 Å². The van der Waals surface area contributed by atoms with Gasteiger partial charge >= 0.3 is 0 Å². The Kier molecular flexibility index (Phi) is 10.1. The second kappa shape index (κ2) is 12.1. The molecule has 1 aromatic carbocycles. The molecule has 0 radical (unpaired) electrons. The Balaban J connectivity index is 0.00000300. The number of halogens is 1. The van der Waals surface area contributed by atoms with Gasteiger partial charge in [-0.15, -0.1) is 24.0 Å². The molecule has 2 aliphatic rings. The van der Waals surface area contributed by atoms with E-state index in [9.17, 15) is 0 Å². The smallest absolute Gasteiger partial charge is 0.193 e. The molecule has 0 bridgehead atoms. The van der Waals surface area contributed by atoms with Gasteiger partial charge in [-0.05, 0) is 31.4 Å². The van der Waals surface area contributed by atoms with Gasteiger partial charge in [0.1, 0.15) is 0 Å². The number of hydrogen-bond donors (Lipinski definition) is 1. The van der Waals surface area contributed by atoms with Crippen molar-refractivity contribution in [2.45, 2.75) is 45.6 Å². The maximum Gasteiger partial charge on any atom is 0.193 e. The fraction of sp³-hybridized carbons (Fsp3) is 0.682. The normalized spacial score (nSPS) is 25.5. The number of nitrogens with one attached hydrogen (secondary N) is 1. The Labute approximate surface area is 193 Å². The lowest BCUT2D eigenvalue weighted by molar-refractivity contribution is -0.0704. The van der Waals surface area contributed by atoms with E-state index >= 15 is 0 Å². The molecule has 164 valence electrons. The topological polar surface area (TPSA) is 49.3 Å². The third kappa shape index (κ3) is 7.70. The summed E-state index contributed by atoms with van der Waals surface area (Å²) in [4.78, 5) is 9.11. The number of ether oxygens (including phenoxy) is 2. The lowest BCUT2D eigenvalue weighted by atomic mass is 10.1. The quantitative estimate of drug-likeness (QED) is 0.358. The van der Waals surface area contributed by atoms with E-state index in [2.05, 4.69) is 65.3 Å². The first-order chi connectivity index (χ1) is 13.5. The summed E-state index contributed by atoms with van der Waals surface area (Å²) in [6.45, 7) is 10.8. The van der Waals surface area contributed by atoms with E-state index in [1.165, 1.54) is 11.1 Å². The van der Waals surface area contributed by atoms with Crippen LogP contribution in [0.25, 0.3) is 0 Å². The van der Waals surface area contributed by atoms with Gasteiger partial charge in [0, 0.05) is 59.3 Å². The van der Waals surface area contributed by atoms with E-state index in [0.29, 0.717) is 18.1 Å². The van der Waals surface area contributed by atoms with Crippen LogP contribution >= 0.6 is 24.0 Å². The number of benzene rings is 1. The number of nitrogens with zero attached hydrogens (tertiary/aromatic N) is 3. The number of aliphatic imine (C=N–C) groups is 1. The summed E-state index contributed by atoms with van der Waals surface area (Å²) in [6.07, 6.45) is 1.77. The molecule has 2 saturated heterocycles. The standard InChI is InChI=1S/C22H36N4O2.HI/c1-17-12-26(13-18(2)28-17)15-20-7-5-19(6-8-20)11-24-22(23-3)25(4)14-21-9-10-27-16-21;/h5-8,17-18,21H,9-16H2,1-4H3,(H,23,24);1H. The van der Waals surface area contributed by atoms with Gasteiger partial charge in [0.05, 0.1) is 18.8 Å². The molecule has 6 nitrogen and oxygen atoms in total. The van der Waals surface area contributed by atoms with Crippen molar-refractivity contribution in [1.29, 1.82) is 0 Å². The van der Waals surface area contributed by atoms with Crippen molar-refractivity contribution in [2.75, 3.05) is 46.9 Å². The zero-order valence-corrected chi connectivity index (χ0v) is 20.6. The number of morpholine rings is 1. The van der Waals surface area contributed by atoms with Crippen LogP contribution in [0.2, 0.25) is 0 Å². The van der Waals surface area contributed by atoms with Crippen LogP contribution in [0, 0.1) is 5.92 Å². The Morgan fingerprint density at radius 2 is 1.83 bits per heavy atom. The maximum atomic E-state index is 5.83. The highest BCUT2D eigenvalue weighted by Crippen LogP contribution is 2.15. The number of hydrogen-bond acceptors (Lipinski definition) is 4. The molecule has 7 heteroatoms. The Morgan fingerprint density at radius 3 is 2.41 bits per heavy atom.